The van der Waals surface area contributed by atoms with Crippen LogP contribution >= 0.6 is 11.3 Å². The summed E-state index contributed by atoms with van der Waals surface area (Å²) < 4.78 is 1.46. The maximum absolute atomic E-state index is 11.6. The Kier molecular flexibility index (Phi) is 5.37. The zero-order valence-corrected chi connectivity index (χ0v) is 10.9. The molecule has 0 spiro atoms. The van der Waals surface area contributed by atoms with Gasteiger partial charge < -0.3 is 10.4 Å². The quantitative estimate of drug-likeness (QED) is 0.773. The first kappa shape index (κ1) is 13.9. The standard InChI is InChI=1S/C11H18N2O3S/c1-8(3-4-14)5-12-10(15)6-13-9(2)7-17-11(13)16/h7-8,14H,3-6H2,1-2H3,(H,12,15). The second-order valence-corrected chi connectivity index (χ2v) is 4.97. The van der Waals surface area contributed by atoms with E-state index in [9.17, 15) is 9.59 Å². The number of hydrogen-bond acceptors (Lipinski definition) is 4. The van der Waals surface area contributed by atoms with Crippen molar-refractivity contribution in [2.45, 2.75) is 26.8 Å². The van der Waals surface area contributed by atoms with E-state index in [0.717, 1.165) is 17.0 Å². The van der Waals surface area contributed by atoms with Crippen molar-refractivity contribution < 1.29 is 9.90 Å². The van der Waals surface area contributed by atoms with Gasteiger partial charge in [-0.2, -0.15) is 0 Å². The minimum atomic E-state index is -0.168. The summed E-state index contributed by atoms with van der Waals surface area (Å²) in [5.41, 5.74) is 0.804. The van der Waals surface area contributed by atoms with Crippen molar-refractivity contribution in [3.8, 4) is 0 Å². The molecule has 1 aromatic heterocycles. The molecular weight excluding hydrogens is 240 g/mol. The van der Waals surface area contributed by atoms with E-state index < -0.39 is 0 Å². The third-order valence-electron chi connectivity index (χ3n) is 2.55. The average Bonchev–Trinajstić information content (AvgIpc) is 2.58. The molecule has 1 aromatic rings. The number of aliphatic hydroxyl groups excluding tert-OH is 1. The third-order valence-corrected chi connectivity index (χ3v) is 3.43. The zero-order valence-electron chi connectivity index (χ0n) is 10.1. The monoisotopic (exact) mass is 258 g/mol. The molecule has 96 valence electrons. The van der Waals surface area contributed by atoms with E-state index >= 15 is 0 Å². The fourth-order valence-corrected chi connectivity index (χ4v) is 2.14. The van der Waals surface area contributed by atoms with Crippen molar-refractivity contribution in [1.29, 1.82) is 0 Å². The Bertz CT molecular complexity index is 425. The molecule has 0 aliphatic heterocycles. The van der Waals surface area contributed by atoms with Gasteiger partial charge in [0.15, 0.2) is 0 Å². The van der Waals surface area contributed by atoms with Gasteiger partial charge in [0.25, 0.3) is 0 Å². The Morgan fingerprint density at radius 3 is 2.88 bits per heavy atom. The van der Waals surface area contributed by atoms with Gasteiger partial charge in [-0.25, -0.2) is 0 Å². The van der Waals surface area contributed by atoms with Crippen LogP contribution in [0.15, 0.2) is 10.2 Å². The summed E-state index contributed by atoms with van der Waals surface area (Å²) in [4.78, 5) is 22.9. The van der Waals surface area contributed by atoms with E-state index in [-0.39, 0.29) is 29.8 Å². The smallest absolute Gasteiger partial charge is 0.307 e. The molecule has 17 heavy (non-hydrogen) atoms. The zero-order chi connectivity index (χ0) is 12.8. The van der Waals surface area contributed by atoms with Crippen LogP contribution in [0.25, 0.3) is 0 Å². The summed E-state index contributed by atoms with van der Waals surface area (Å²) in [5.74, 6) is 0.0719. The first-order valence-corrected chi connectivity index (χ1v) is 6.45. The van der Waals surface area contributed by atoms with Gasteiger partial charge >= 0.3 is 4.87 Å². The Labute approximate surface area is 104 Å². The number of carbonyl (C=O) groups excluding carboxylic acids is 1. The number of hydrogen-bond donors (Lipinski definition) is 2. The molecular formula is C11H18N2O3S. The summed E-state index contributed by atoms with van der Waals surface area (Å²) in [6, 6.07) is 0. The molecule has 1 rings (SSSR count). The lowest BCUT2D eigenvalue weighted by molar-refractivity contribution is -0.121. The fourth-order valence-electron chi connectivity index (χ4n) is 1.41. The molecule has 6 heteroatoms. The molecule has 1 amide bonds. The van der Waals surface area contributed by atoms with Crippen molar-refractivity contribution in [2.24, 2.45) is 5.92 Å². The van der Waals surface area contributed by atoms with Crippen LogP contribution in [0.5, 0.6) is 0 Å². The highest BCUT2D eigenvalue weighted by Gasteiger charge is 2.09. The Hall–Kier alpha value is -1.14. The van der Waals surface area contributed by atoms with Gasteiger partial charge in [-0.3, -0.25) is 14.2 Å². The SMILES string of the molecule is Cc1csc(=O)n1CC(=O)NCC(C)CCO. The van der Waals surface area contributed by atoms with Crippen molar-refractivity contribution in [3.05, 3.63) is 20.7 Å². The predicted molar refractivity (Wildman–Crippen MR) is 67.2 cm³/mol. The number of thiazole rings is 1. The number of carbonyl (C=O) groups is 1. The second kappa shape index (κ2) is 6.56. The van der Waals surface area contributed by atoms with Crippen LogP contribution in [0.4, 0.5) is 0 Å². The van der Waals surface area contributed by atoms with Crippen LogP contribution in [0, 0.1) is 12.8 Å². The Balaban J connectivity index is 2.43. The fraction of sp³-hybridized carbons (Fsp3) is 0.636. The van der Waals surface area contributed by atoms with E-state index in [1.807, 2.05) is 6.92 Å². The number of aryl methyl sites for hydroxylation is 1. The molecule has 1 heterocycles. The van der Waals surface area contributed by atoms with Crippen LogP contribution in [-0.2, 0) is 11.3 Å². The van der Waals surface area contributed by atoms with E-state index in [1.54, 1.807) is 12.3 Å². The van der Waals surface area contributed by atoms with Gasteiger partial charge in [0.1, 0.15) is 6.54 Å². The van der Waals surface area contributed by atoms with Crippen molar-refractivity contribution in [3.63, 3.8) is 0 Å². The minimum Gasteiger partial charge on any atom is -0.396 e. The molecule has 0 saturated carbocycles. The second-order valence-electron chi connectivity index (χ2n) is 4.15. The molecule has 0 fully saturated rings. The lowest BCUT2D eigenvalue weighted by atomic mass is 10.1. The summed E-state index contributed by atoms with van der Waals surface area (Å²) in [7, 11) is 0. The van der Waals surface area contributed by atoms with Gasteiger partial charge in [0.05, 0.1) is 0 Å². The number of nitrogens with one attached hydrogen (secondary N) is 1. The summed E-state index contributed by atoms with van der Waals surface area (Å²) in [5, 5.41) is 13.2. The summed E-state index contributed by atoms with van der Waals surface area (Å²) in [6.45, 7) is 4.48. The van der Waals surface area contributed by atoms with Crippen LogP contribution < -0.4 is 10.2 Å². The first-order chi connectivity index (χ1) is 8.04. The van der Waals surface area contributed by atoms with Crippen molar-refractivity contribution in [1.82, 2.24) is 9.88 Å². The number of aliphatic hydroxyl groups is 1. The largest absolute Gasteiger partial charge is 0.396 e. The number of aromatic nitrogens is 1. The molecule has 0 radical (unpaired) electrons. The normalized spacial score (nSPS) is 12.4. The number of rotatable bonds is 6. The van der Waals surface area contributed by atoms with Gasteiger partial charge in [-0.05, 0) is 19.3 Å². The highest BCUT2D eigenvalue weighted by molar-refractivity contribution is 7.07. The summed E-state index contributed by atoms with van der Waals surface area (Å²) >= 11 is 1.10. The molecule has 0 bridgehead atoms. The van der Waals surface area contributed by atoms with Gasteiger partial charge in [0.2, 0.25) is 5.91 Å². The molecule has 0 aliphatic carbocycles. The molecule has 1 unspecified atom stereocenters. The minimum absolute atomic E-state index is 0.0695. The number of nitrogens with zero attached hydrogens (tertiary/aromatic N) is 1. The molecule has 0 saturated heterocycles. The molecule has 2 N–H and O–H groups in total. The topological polar surface area (TPSA) is 71.3 Å². The number of amides is 1. The van der Waals surface area contributed by atoms with Gasteiger partial charge in [-0.1, -0.05) is 18.3 Å². The van der Waals surface area contributed by atoms with Gasteiger partial charge in [0, 0.05) is 24.2 Å². The molecule has 0 aromatic carbocycles. The maximum atomic E-state index is 11.6. The Morgan fingerprint density at radius 1 is 1.65 bits per heavy atom. The predicted octanol–water partition coefficient (Wildman–Crippen LogP) is 0.353. The Morgan fingerprint density at radius 2 is 2.35 bits per heavy atom. The molecule has 1 atom stereocenters. The lowest BCUT2D eigenvalue weighted by Crippen LogP contribution is -2.33. The maximum Gasteiger partial charge on any atom is 0.307 e. The van der Waals surface area contributed by atoms with Crippen LogP contribution in [0.1, 0.15) is 19.0 Å². The molecule has 0 aliphatic rings. The van der Waals surface area contributed by atoms with E-state index in [1.165, 1.54) is 4.57 Å². The highest BCUT2D eigenvalue weighted by atomic mass is 32.1. The van der Waals surface area contributed by atoms with Crippen molar-refractivity contribution >= 4 is 17.2 Å². The average molecular weight is 258 g/mol. The lowest BCUT2D eigenvalue weighted by Gasteiger charge is -2.11. The highest BCUT2D eigenvalue weighted by Crippen LogP contribution is 2.00. The van der Waals surface area contributed by atoms with Crippen molar-refractivity contribution in [2.75, 3.05) is 13.2 Å². The van der Waals surface area contributed by atoms with E-state index in [2.05, 4.69) is 5.32 Å². The van der Waals surface area contributed by atoms with E-state index in [4.69, 9.17) is 5.11 Å². The molecule has 5 nitrogen and oxygen atoms in total. The first-order valence-electron chi connectivity index (χ1n) is 5.57. The van der Waals surface area contributed by atoms with Crippen LogP contribution in [-0.4, -0.2) is 28.7 Å². The van der Waals surface area contributed by atoms with Gasteiger partial charge in [-0.15, -0.1) is 0 Å². The van der Waals surface area contributed by atoms with E-state index in [0.29, 0.717) is 13.0 Å². The van der Waals surface area contributed by atoms with Crippen LogP contribution in [0.3, 0.4) is 0 Å². The van der Waals surface area contributed by atoms with Crippen LogP contribution in [0.2, 0.25) is 0 Å². The third kappa shape index (κ3) is 4.32. The summed E-state index contributed by atoms with van der Waals surface area (Å²) in [6.07, 6.45) is 0.664.